The predicted molar refractivity (Wildman–Crippen MR) is 153 cm³/mol. The van der Waals surface area contributed by atoms with Gasteiger partial charge in [-0.2, -0.15) is 4.80 Å². The van der Waals surface area contributed by atoms with Crippen molar-refractivity contribution in [3.8, 4) is 11.4 Å². The minimum Gasteiger partial charge on any atom is -0.444 e. The second-order valence-electron chi connectivity index (χ2n) is 11.8. The average molecular weight is 568 g/mol. The molecule has 0 bridgehead atoms. The smallest absolute Gasteiger partial charge is 0.422 e. The first-order chi connectivity index (χ1) is 19.2. The minimum absolute atomic E-state index is 0.0139. The number of carbonyl (C=O) groups excluding carboxylic acids is 2. The fourth-order valence-electron chi connectivity index (χ4n) is 3.92. The lowest BCUT2D eigenvalue weighted by molar-refractivity contribution is 0.0106. The Morgan fingerprint density at radius 1 is 0.927 bits per heavy atom. The number of hydrogen-bond donors (Lipinski definition) is 3. The third-order valence-corrected chi connectivity index (χ3v) is 5.61. The number of hydrazine groups is 1. The van der Waals surface area contributed by atoms with Crippen molar-refractivity contribution >= 4 is 12.2 Å². The summed E-state index contributed by atoms with van der Waals surface area (Å²) >= 11 is 0. The molecule has 1 aromatic heterocycles. The van der Waals surface area contributed by atoms with Crippen LogP contribution in [-0.2, 0) is 29.5 Å². The van der Waals surface area contributed by atoms with Gasteiger partial charge in [-0.25, -0.2) is 14.6 Å². The van der Waals surface area contributed by atoms with E-state index in [0.717, 1.165) is 16.7 Å². The maximum Gasteiger partial charge on any atom is 0.422 e. The summed E-state index contributed by atoms with van der Waals surface area (Å²) < 4.78 is 10.9. The summed E-state index contributed by atoms with van der Waals surface area (Å²) in [7, 11) is 1.69. The summed E-state index contributed by atoms with van der Waals surface area (Å²) in [4.78, 5) is 26.8. The number of aromatic nitrogens is 4. The topological polar surface area (TPSA) is 144 Å². The van der Waals surface area contributed by atoms with Gasteiger partial charge in [-0.15, -0.1) is 10.2 Å². The van der Waals surface area contributed by atoms with Gasteiger partial charge in [-0.3, -0.25) is 5.43 Å². The number of tetrazole rings is 1. The lowest BCUT2D eigenvalue weighted by Crippen LogP contribution is -2.54. The molecule has 0 saturated heterocycles. The van der Waals surface area contributed by atoms with Crippen LogP contribution in [-0.4, -0.2) is 72.4 Å². The largest absolute Gasteiger partial charge is 0.444 e. The van der Waals surface area contributed by atoms with Crippen LogP contribution in [0.1, 0.15) is 52.7 Å². The number of ether oxygens (including phenoxy) is 2. The number of nitrogens with zero attached hydrogens (tertiary/aromatic N) is 5. The number of aliphatic hydroxyl groups is 1. The Bertz CT molecular complexity index is 1270. The van der Waals surface area contributed by atoms with E-state index >= 15 is 0 Å². The number of hydrogen-bond acceptors (Lipinski definition) is 9. The zero-order valence-electron chi connectivity index (χ0n) is 24.8. The van der Waals surface area contributed by atoms with Crippen molar-refractivity contribution in [2.45, 2.75) is 77.9 Å². The zero-order valence-corrected chi connectivity index (χ0v) is 24.8. The molecule has 2 aromatic carbocycles. The van der Waals surface area contributed by atoms with Crippen molar-refractivity contribution < 1.29 is 24.2 Å². The molecule has 0 aliphatic rings. The van der Waals surface area contributed by atoms with Gasteiger partial charge in [0.05, 0.1) is 19.2 Å². The van der Waals surface area contributed by atoms with E-state index in [-0.39, 0.29) is 13.1 Å². The average Bonchev–Trinajstić information content (AvgIpc) is 3.28. The van der Waals surface area contributed by atoms with Gasteiger partial charge in [-0.1, -0.05) is 54.6 Å². The molecule has 0 aliphatic heterocycles. The normalized spacial score (nSPS) is 13.4. The number of rotatable bonds is 10. The van der Waals surface area contributed by atoms with Crippen LogP contribution in [0.2, 0.25) is 0 Å². The summed E-state index contributed by atoms with van der Waals surface area (Å²) in [6, 6.07) is 16.3. The van der Waals surface area contributed by atoms with Gasteiger partial charge in [0, 0.05) is 18.7 Å². The molecule has 0 saturated carbocycles. The van der Waals surface area contributed by atoms with Crippen LogP contribution in [0, 0.1) is 0 Å². The third kappa shape index (κ3) is 11.2. The van der Waals surface area contributed by atoms with Gasteiger partial charge >= 0.3 is 12.2 Å². The Morgan fingerprint density at radius 3 is 2.10 bits per heavy atom. The van der Waals surface area contributed by atoms with E-state index in [2.05, 4.69) is 26.2 Å². The quantitative estimate of drug-likeness (QED) is 0.313. The molecular formula is C29H41N7O5. The van der Waals surface area contributed by atoms with Gasteiger partial charge < -0.3 is 19.9 Å². The molecule has 222 valence electrons. The van der Waals surface area contributed by atoms with Crippen molar-refractivity contribution in [2.75, 3.05) is 6.54 Å². The molecule has 3 rings (SSSR count). The van der Waals surface area contributed by atoms with Crippen LogP contribution in [0.3, 0.4) is 0 Å². The molecule has 0 spiro atoms. The van der Waals surface area contributed by atoms with Gasteiger partial charge in [0.1, 0.15) is 11.2 Å². The van der Waals surface area contributed by atoms with Gasteiger partial charge in [0.15, 0.2) is 0 Å². The number of aryl methyl sites for hydroxylation is 1. The predicted octanol–water partition coefficient (Wildman–Crippen LogP) is 3.62. The number of carbonyl (C=O) groups is 2. The summed E-state index contributed by atoms with van der Waals surface area (Å²) in [5, 5.41) is 27.9. The van der Waals surface area contributed by atoms with Gasteiger partial charge in [0.25, 0.3) is 0 Å². The molecular weight excluding hydrogens is 526 g/mol. The Hall–Kier alpha value is -4.03. The van der Waals surface area contributed by atoms with Crippen molar-refractivity contribution in [2.24, 2.45) is 7.05 Å². The second-order valence-corrected chi connectivity index (χ2v) is 11.8. The SMILES string of the molecule is Cn1nnc(-c2ccc(CN(C[C@H](O)[C@H](Cc3ccccc3)NC(=O)OC(C)(C)C)NC(=O)OC(C)(C)C)cc2)n1. The van der Waals surface area contributed by atoms with Gasteiger partial charge in [0.2, 0.25) is 5.82 Å². The molecule has 41 heavy (non-hydrogen) atoms. The maximum absolute atomic E-state index is 12.7. The molecule has 0 aliphatic carbocycles. The number of alkyl carbamates (subject to hydrolysis) is 1. The molecule has 3 N–H and O–H groups in total. The Morgan fingerprint density at radius 2 is 1.54 bits per heavy atom. The molecule has 1 heterocycles. The van der Waals surface area contributed by atoms with Crippen molar-refractivity contribution in [1.29, 1.82) is 0 Å². The maximum atomic E-state index is 12.7. The lowest BCUT2D eigenvalue weighted by Gasteiger charge is -2.31. The molecule has 12 nitrogen and oxygen atoms in total. The Labute approximate surface area is 241 Å². The standard InChI is InChI=1S/C29H41N7O5/c1-28(2,3)40-26(38)30-23(17-20-11-9-8-10-12-20)24(37)19-36(33-27(39)41-29(4,5)6)18-21-13-15-22(16-14-21)25-31-34-35(7)32-25/h8-16,23-24,37H,17-19H2,1-7H3,(H,30,38)(H,33,39)/t23-,24-/m0/s1. The van der Waals surface area contributed by atoms with Crippen LogP contribution in [0.25, 0.3) is 11.4 Å². The molecule has 0 unspecified atom stereocenters. The van der Waals surface area contributed by atoms with E-state index in [4.69, 9.17) is 9.47 Å². The third-order valence-electron chi connectivity index (χ3n) is 5.61. The highest BCUT2D eigenvalue weighted by Gasteiger charge is 2.28. The van der Waals surface area contributed by atoms with Crippen LogP contribution < -0.4 is 10.7 Å². The second kappa shape index (κ2) is 13.6. The summed E-state index contributed by atoms with van der Waals surface area (Å²) in [5.74, 6) is 0.496. The van der Waals surface area contributed by atoms with Crippen LogP contribution in [0.4, 0.5) is 9.59 Å². The lowest BCUT2D eigenvalue weighted by atomic mass is 10.0. The highest BCUT2D eigenvalue weighted by Crippen LogP contribution is 2.17. The highest BCUT2D eigenvalue weighted by atomic mass is 16.6. The zero-order chi connectivity index (χ0) is 30.2. The summed E-state index contributed by atoms with van der Waals surface area (Å²) in [6.45, 7) is 10.9. The number of amides is 2. The van der Waals surface area contributed by atoms with E-state index < -0.39 is 35.5 Å². The highest BCUT2D eigenvalue weighted by molar-refractivity contribution is 5.68. The summed E-state index contributed by atoms with van der Waals surface area (Å²) in [6.07, 6.45) is -2.04. The van der Waals surface area contributed by atoms with E-state index in [9.17, 15) is 14.7 Å². The van der Waals surface area contributed by atoms with Gasteiger partial charge in [-0.05, 0) is 64.3 Å². The fourth-order valence-corrected chi connectivity index (χ4v) is 3.92. The minimum atomic E-state index is -1.08. The fraction of sp³-hybridized carbons (Fsp3) is 0.483. The molecule has 0 radical (unpaired) electrons. The monoisotopic (exact) mass is 567 g/mol. The molecule has 2 amide bonds. The summed E-state index contributed by atoms with van der Waals surface area (Å²) in [5.41, 5.74) is 3.89. The van der Waals surface area contributed by atoms with Crippen molar-refractivity contribution in [1.82, 2.24) is 36.0 Å². The molecule has 0 fully saturated rings. The Kier molecular flexibility index (Phi) is 10.4. The van der Waals surface area contributed by atoms with Crippen molar-refractivity contribution in [3.63, 3.8) is 0 Å². The number of nitrogens with one attached hydrogen (secondary N) is 2. The molecule has 12 heteroatoms. The molecule has 2 atom stereocenters. The van der Waals surface area contributed by atoms with E-state index in [0.29, 0.717) is 12.2 Å². The first kappa shape index (κ1) is 31.5. The van der Waals surface area contributed by atoms with Crippen LogP contribution in [0.15, 0.2) is 54.6 Å². The molecule has 3 aromatic rings. The first-order valence-corrected chi connectivity index (χ1v) is 13.5. The number of benzene rings is 2. The number of aliphatic hydroxyl groups excluding tert-OH is 1. The van der Waals surface area contributed by atoms with E-state index in [1.807, 2.05) is 54.6 Å². The van der Waals surface area contributed by atoms with Crippen LogP contribution in [0.5, 0.6) is 0 Å². The Balaban J connectivity index is 1.80. The van der Waals surface area contributed by atoms with Crippen LogP contribution >= 0.6 is 0 Å². The first-order valence-electron chi connectivity index (χ1n) is 13.5. The van der Waals surface area contributed by atoms with Crippen molar-refractivity contribution in [3.05, 3.63) is 65.7 Å². The van der Waals surface area contributed by atoms with E-state index in [1.165, 1.54) is 4.80 Å². The van der Waals surface area contributed by atoms with E-state index in [1.54, 1.807) is 53.6 Å².